The number of ether oxygens (including phenoxy) is 1. The van der Waals surface area contributed by atoms with Gasteiger partial charge in [-0.05, 0) is 12.8 Å². The number of rotatable bonds is 9. The molecule has 31 heavy (non-hydrogen) atoms. The van der Waals surface area contributed by atoms with Crippen LogP contribution in [-0.2, 0) is 19.1 Å². The zero-order valence-electron chi connectivity index (χ0n) is 20.6. The van der Waals surface area contributed by atoms with Crippen LogP contribution in [-0.4, -0.2) is 123 Å². The molecule has 0 aliphatic heterocycles. The van der Waals surface area contributed by atoms with E-state index in [1.54, 1.807) is 13.8 Å². The van der Waals surface area contributed by atoms with Crippen molar-refractivity contribution in [3.63, 3.8) is 0 Å². The van der Waals surface area contributed by atoms with Crippen molar-refractivity contribution < 1.29 is 53.6 Å². The summed E-state index contributed by atoms with van der Waals surface area (Å²) in [6, 6.07) is 0. The molecule has 0 spiro atoms. The Morgan fingerprint density at radius 2 is 1.13 bits per heavy atom. The van der Waals surface area contributed by atoms with Gasteiger partial charge >= 0.3 is 5.97 Å². The lowest BCUT2D eigenvalue weighted by atomic mass is 10.3. The second-order valence-corrected chi connectivity index (χ2v) is 8.58. The number of carboxylic acids is 2. The maximum Gasteiger partial charge on any atom is 0.302 e. The lowest BCUT2D eigenvalue weighted by molar-refractivity contribution is -0.870. The Labute approximate surface area is 186 Å². The largest absolute Gasteiger partial charge is 0.547 e. The molecule has 11 nitrogen and oxygen atoms in total. The predicted octanol–water partition coefficient (Wildman–Crippen LogP) is -3.04. The van der Waals surface area contributed by atoms with Crippen molar-refractivity contribution in [3.8, 4) is 0 Å². The number of aliphatic hydroxyl groups is 3. The van der Waals surface area contributed by atoms with E-state index in [9.17, 15) is 24.6 Å². The third-order valence-electron chi connectivity index (χ3n) is 3.16. The monoisotopic (exact) mass is 456 g/mol. The fraction of sp³-hybridized carbons (Fsp3) is 0.850. The van der Waals surface area contributed by atoms with Gasteiger partial charge in [-0.15, -0.1) is 0 Å². The van der Waals surface area contributed by atoms with E-state index in [0.29, 0.717) is 6.61 Å². The summed E-state index contributed by atoms with van der Waals surface area (Å²) in [6.07, 6.45) is -2.16. The van der Waals surface area contributed by atoms with Crippen LogP contribution in [0.1, 0.15) is 33.6 Å². The van der Waals surface area contributed by atoms with Crippen molar-refractivity contribution in [1.82, 2.24) is 0 Å². The zero-order chi connectivity index (χ0) is 25.8. The lowest BCUT2D eigenvalue weighted by Gasteiger charge is -2.23. The highest BCUT2D eigenvalue weighted by atomic mass is 16.5. The number of carbonyl (C=O) groups is 3. The Morgan fingerprint density at radius 1 is 0.806 bits per heavy atom. The van der Waals surface area contributed by atoms with E-state index in [1.807, 2.05) is 0 Å². The van der Waals surface area contributed by atoms with Crippen LogP contribution in [0.4, 0.5) is 0 Å². The van der Waals surface area contributed by atoms with Gasteiger partial charge in [-0.2, -0.15) is 0 Å². The molecule has 0 aliphatic rings. The van der Waals surface area contributed by atoms with Gasteiger partial charge in [0.25, 0.3) is 0 Å². The van der Waals surface area contributed by atoms with E-state index in [4.69, 9.17) is 20.1 Å². The number of hydrogen-bond donors (Lipinski definition) is 3. The molecule has 0 rings (SSSR count). The number of carboxylic acid groups (broad SMARTS) is 2. The first-order valence-corrected chi connectivity index (χ1v) is 9.97. The molecule has 3 N–H and O–H groups in total. The van der Waals surface area contributed by atoms with Crippen molar-refractivity contribution >= 4 is 17.9 Å². The van der Waals surface area contributed by atoms with Crippen LogP contribution < -0.4 is 10.2 Å². The minimum Gasteiger partial charge on any atom is -0.547 e. The Morgan fingerprint density at radius 3 is 1.23 bits per heavy atom. The van der Waals surface area contributed by atoms with Crippen molar-refractivity contribution in [1.29, 1.82) is 0 Å². The van der Waals surface area contributed by atoms with E-state index in [1.165, 1.54) is 6.92 Å². The third kappa shape index (κ3) is 43.1. The summed E-state index contributed by atoms with van der Waals surface area (Å²) in [4.78, 5) is 29.4. The van der Waals surface area contributed by atoms with Gasteiger partial charge in [-0.3, -0.25) is 4.79 Å². The fourth-order valence-corrected chi connectivity index (χ4v) is 1.10. The van der Waals surface area contributed by atoms with Crippen molar-refractivity contribution in [2.45, 2.75) is 45.8 Å². The molecule has 0 saturated carbocycles. The van der Waals surface area contributed by atoms with Crippen molar-refractivity contribution in [3.05, 3.63) is 0 Å². The van der Waals surface area contributed by atoms with E-state index in [2.05, 4.69) is 42.3 Å². The van der Waals surface area contributed by atoms with E-state index in [-0.39, 0.29) is 25.4 Å². The van der Waals surface area contributed by atoms with Gasteiger partial charge in [0.2, 0.25) is 0 Å². The average Bonchev–Trinajstić information content (AvgIpc) is 2.59. The second-order valence-electron chi connectivity index (χ2n) is 8.58. The summed E-state index contributed by atoms with van der Waals surface area (Å²) in [7, 11) is 12.3. The highest BCUT2D eigenvalue weighted by molar-refractivity contribution is 5.69. The van der Waals surface area contributed by atoms with Crippen LogP contribution >= 0.6 is 0 Å². The Bertz CT molecular complexity index is 452. The van der Waals surface area contributed by atoms with Crippen LogP contribution in [0, 0.1) is 0 Å². The molecule has 188 valence electrons. The molecular formula is C20H44N2O9. The number of likely N-dealkylation sites (N-methyl/N-ethyl adjacent to an activating group) is 2. The van der Waals surface area contributed by atoms with Gasteiger partial charge in [-0.25, -0.2) is 0 Å². The van der Waals surface area contributed by atoms with Gasteiger partial charge in [0.05, 0.1) is 73.0 Å². The molecule has 0 aromatic rings. The predicted molar refractivity (Wildman–Crippen MR) is 112 cm³/mol. The molecule has 0 amide bonds. The minimum atomic E-state index is -1.40. The number of hydrogen-bond acceptors (Lipinski definition) is 9. The van der Waals surface area contributed by atoms with Crippen LogP contribution in [0.5, 0.6) is 0 Å². The average molecular weight is 457 g/mol. The van der Waals surface area contributed by atoms with Crippen molar-refractivity contribution in [2.75, 3.05) is 68.6 Å². The number of quaternary nitrogens is 2. The number of aliphatic carboxylic acids is 2. The molecule has 0 aromatic carbocycles. The maximum absolute atomic E-state index is 10.3. The van der Waals surface area contributed by atoms with Crippen LogP contribution in [0.3, 0.4) is 0 Å². The summed E-state index contributed by atoms with van der Waals surface area (Å²) >= 11 is 0. The Kier molecular flexibility index (Phi) is 23.8. The summed E-state index contributed by atoms with van der Waals surface area (Å²) < 4.78 is 6.43. The summed E-state index contributed by atoms with van der Waals surface area (Å²) in [5, 5.41) is 44.1. The molecule has 2 atom stereocenters. The van der Waals surface area contributed by atoms with Crippen LogP contribution in [0.25, 0.3) is 0 Å². The quantitative estimate of drug-likeness (QED) is 0.241. The molecule has 0 aromatic heterocycles. The molecule has 0 heterocycles. The van der Waals surface area contributed by atoms with Crippen LogP contribution in [0.2, 0.25) is 0 Å². The minimum absolute atomic E-state index is 0.201. The standard InChI is InChI=1S/C7H16NO2.C5H14NO.2C4H8O3/c1-7(9)10-6-5-8(2,3)4;1-6(2,3)4-5-7;2*1-2-3(5)4(6)7/h5-6H2,1-4H3;7H,4-5H2,1-3H3;2*3,5H,2H2,1H3,(H,6,7)/q2*+1;;/p-2. The van der Waals surface area contributed by atoms with Crippen LogP contribution in [0.15, 0.2) is 0 Å². The second kappa shape index (κ2) is 20.1. The number of aliphatic hydroxyl groups excluding tert-OH is 3. The molecular weight excluding hydrogens is 412 g/mol. The number of esters is 1. The Hall–Kier alpha value is -1.79. The fourth-order valence-electron chi connectivity index (χ4n) is 1.10. The van der Waals surface area contributed by atoms with E-state index >= 15 is 0 Å². The molecule has 0 aliphatic carbocycles. The zero-order valence-corrected chi connectivity index (χ0v) is 20.6. The Balaban J connectivity index is -0.000000159. The molecule has 0 fully saturated rings. The molecule has 0 radical (unpaired) electrons. The van der Waals surface area contributed by atoms with E-state index < -0.39 is 24.1 Å². The van der Waals surface area contributed by atoms with Gasteiger partial charge in [0, 0.05) is 6.92 Å². The normalized spacial score (nSPS) is 12.4. The molecule has 2 unspecified atom stereocenters. The summed E-state index contributed by atoms with van der Waals surface area (Å²) in [6.45, 7) is 7.05. The number of carbonyl (C=O) groups excluding carboxylic acids is 3. The summed E-state index contributed by atoms with van der Waals surface area (Å²) in [5.41, 5.74) is 0. The lowest BCUT2D eigenvalue weighted by Crippen LogP contribution is -2.37. The highest BCUT2D eigenvalue weighted by Crippen LogP contribution is 1.89. The first kappa shape index (κ1) is 36.6. The molecule has 0 bridgehead atoms. The first-order chi connectivity index (χ1) is 13.8. The molecule has 11 heteroatoms. The third-order valence-corrected chi connectivity index (χ3v) is 3.16. The summed E-state index contributed by atoms with van der Waals surface area (Å²) in [5.74, 6) is -3.00. The van der Waals surface area contributed by atoms with Gasteiger partial charge in [0.15, 0.2) is 0 Å². The van der Waals surface area contributed by atoms with Gasteiger partial charge in [-0.1, -0.05) is 13.8 Å². The first-order valence-electron chi connectivity index (χ1n) is 9.97. The topological polar surface area (TPSA) is 167 Å². The molecule has 0 saturated heterocycles. The smallest absolute Gasteiger partial charge is 0.302 e. The van der Waals surface area contributed by atoms with Gasteiger partial charge < -0.3 is 48.8 Å². The number of nitrogens with zero attached hydrogens (tertiary/aromatic N) is 2. The van der Waals surface area contributed by atoms with Crippen molar-refractivity contribution in [2.24, 2.45) is 0 Å². The SMILES string of the molecule is CC(=O)OCC[N+](C)(C)C.CCC(O)C(=O)[O-].CCC(O)C(=O)[O-].C[N+](C)(C)CCO. The maximum atomic E-state index is 10.3. The van der Waals surface area contributed by atoms with Gasteiger partial charge in [0.1, 0.15) is 19.7 Å². The highest BCUT2D eigenvalue weighted by Gasteiger charge is 2.06. The van der Waals surface area contributed by atoms with E-state index in [0.717, 1.165) is 22.1 Å².